The van der Waals surface area contributed by atoms with Gasteiger partial charge >= 0.3 is 0 Å². The van der Waals surface area contributed by atoms with Crippen molar-refractivity contribution >= 4 is 11.6 Å². The Hall–Kier alpha value is -1.55. The zero-order valence-corrected chi connectivity index (χ0v) is 9.78. The number of phenols is 1. The number of anilines is 1. The molecule has 1 fully saturated rings. The molecule has 0 bridgehead atoms. The van der Waals surface area contributed by atoms with Gasteiger partial charge in [0.15, 0.2) is 0 Å². The molecule has 0 saturated heterocycles. The predicted octanol–water partition coefficient (Wildman–Crippen LogP) is 1.99. The molecule has 92 valence electrons. The van der Waals surface area contributed by atoms with Gasteiger partial charge in [-0.05, 0) is 25.0 Å². The third kappa shape index (κ3) is 2.77. The molecule has 1 saturated carbocycles. The van der Waals surface area contributed by atoms with Crippen LogP contribution < -0.4 is 11.1 Å². The van der Waals surface area contributed by atoms with Crippen molar-refractivity contribution in [3.8, 4) is 5.75 Å². The summed E-state index contributed by atoms with van der Waals surface area (Å²) in [4.78, 5) is 12.1. The van der Waals surface area contributed by atoms with Gasteiger partial charge in [-0.15, -0.1) is 0 Å². The van der Waals surface area contributed by atoms with Gasteiger partial charge in [0.1, 0.15) is 5.75 Å². The molecule has 1 aliphatic carbocycles. The molecule has 0 spiro atoms. The van der Waals surface area contributed by atoms with Crippen LogP contribution in [-0.4, -0.2) is 16.6 Å². The van der Waals surface area contributed by atoms with Gasteiger partial charge in [0.25, 0.3) is 0 Å². The van der Waals surface area contributed by atoms with Crippen LogP contribution in [-0.2, 0) is 4.79 Å². The van der Waals surface area contributed by atoms with Gasteiger partial charge in [-0.25, -0.2) is 0 Å². The van der Waals surface area contributed by atoms with Crippen molar-refractivity contribution in [1.82, 2.24) is 0 Å². The minimum atomic E-state index is -0.746. The lowest BCUT2D eigenvalue weighted by Gasteiger charge is -2.31. The molecule has 0 aliphatic heterocycles. The maximum atomic E-state index is 12.1. The summed E-state index contributed by atoms with van der Waals surface area (Å²) in [6, 6.07) is 6.51. The van der Waals surface area contributed by atoms with Crippen LogP contribution in [0.1, 0.15) is 32.1 Å². The number of phenolic OH excluding ortho intramolecular Hbond substituents is 1. The number of carbonyl (C=O) groups is 1. The highest BCUT2D eigenvalue weighted by atomic mass is 16.3. The van der Waals surface area contributed by atoms with Gasteiger partial charge in [-0.3, -0.25) is 4.79 Å². The van der Waals surface area contributed by atoms with E-state index in [9.17, 15) is 9.90 Å². The smallest absolute Gasteiger partial charge is 0.244 e. The molecular weight excluding hydrogens is 216 g/mol. The van der Waals surface area contributed by atoms with Crippen molar-refractivity contribution in [3.05, 3.63) is 24.3 Å². The summed E-state index contributed by atoms with van der Waals surface area (Å²) in [5.74, 6) is -0.0136. The van der Waals surface area contributed by atoms with Gasteiger partial charge in [-0.1, -0.05) is 25.3 Å². The van der Waals surface area contributed by atoms with Crippen LogP contribution in [0.2, 0.25) is 0 Å². The van der Waals surface area contributed by atoms with E-state index in [1.807, 2.05) is 0 Å². The Bertz CT molecular complexity index is 412. The van der Waals surface area contributed by atoms with Crippen LogP contribution in [0.25, 0.3) is 0 Å². The van der Waals surface area contributed by atoms with E-state index in [1.54, 1.807) is 18.2 Å². The second-order valence-corrected chi connectivity index (χ2v) is 4.72. The molecule has 0 aromatic heterocycles. The predicted molar refractivity (Wildman–Crippen MR) is 66.7 cm³/mol. The van der Waals surface area contributed by atoms with Crippen LogP contribution in [0.15, 0.2) is 24.3 Å². The molecule has 1 aromatic rings. The first-order valence-electron chi connectivity index (χ1n) is 5.99. The Balaban J connectivity index is 2.05. The molecule has 2 rings (SSSR count). The van der Waals surface area contributed by atoms with Crippen molar-refractivity contribution in [2.24, 2.45) is 5.73 Å². The van der Waals surface area contributed by atoms with Crippen molar-refractivity contribution in [3.63, 3.8) is 0 Å². The lowest BCUT2D eigenvalue weighted by atomic mass is 9.82. The van der Waals surface area contributed by atoms with E-state index >= 15 is 0 Å². The molecular formula is C13H18N2O2. The number of nitrogens with one attached hydrogen (secondary N) is 1. The highest BCUT2D eigenvalue weighted by Crippen LogP contribution is 2.27. The lowest BCUT2D eigenvalue weighted by Crippen LogP contribution is -2.52. The Morgan fingerprint density at radius 1 is 1.29 bits per heavy atom. The SMILES string of the molecule is NC1(C(=O)Nc2cccc(O)c2)CCCCC1. The fraction of sp³-hybridized carbons (Fsp3) is 0.462. The Kier molecular flexibility index (Phi) is 3.33. The van der Waals surface area contributed by atoms with Crippen LogP contribution in [0.4, 0.5) is 5.69 Å². The van der Waals surface area contributed by atoms with E-state index in [2.05, 4.69) is 5.32 Å². The summed E-state index contributed by atoms with van der Waals surface area (Å²) < 4.78 is 0. The van der Waals surface area contributed by atoms with Crippen LogP contribution in [0, 0.1) is 0 Å². The number of amides is 1. The van der Waals surface area contributed by atoms with Crippen molar-refractivity contribution in [1.29, 1.82) is 0 Å². The topological polar surface area (TPSA) is 75.4 Å². The molecule has 0 heterocycles. The van der Waals surface area contributed by atoms with Crippen LogP contribution in [0.3, 0.4) is 0 Å². The molecule has 4 N–H and O–H groups in total. The molecule has 17 heavy (non-hydrogen) atoms. The average Bonchev–Trinajstić information content (AvgIpc) is 2.30. The van der Waals surface area contributed by atoms with E-state index in [0.717, 1.165) is 32.1 Å². The van der Waals surface area contributed by atoms with Gasteiger partial charge in [0, 0.05) is 11.8 Å². The minimum Gasteiger partial charge on any atom is -0.508 e. The van der Waals surface area contributed by atoms with Gasteiger partial charge in [0.05, 0.1) is 5.54 Å². The number of nitrogens with two attached hydrogens (primary N) is 1. The highest BCUT2D eigenvalue weighted by molar-refractivity contribution is 5.98. The average molecular weight is 234 g/mol. The fourth-order valence-corrected chi connectivity index (χ4v) is 2.25. The lowest BCUT2D eigenvalue weighted by molar-refractivity contribution is -0.122. The number of hydrogen-bond acceptors (Lipinski definition) is 3. The van der Waals surface area contributed by atoms with E-state index in [0.29, 0.717) is 5.69 Å². The Morgan fingerprint density at radius 2 is 2.00 bits per heavy atom. The van der Waals surface area contributed by atoms with Crippen molar-refractivity contribution in [2.75, 3.05) is 5.32 Å². The summed E-state index contributed by atoms with van der Waals surface area (Å²) in [6.07, 6.45) is 4.63. The molecule has 0 radical (unpaired) electrons. The summed E-state index contributed by atoms with van der Waals surface area (Å²) in [6.45, 7) is 0. The number of hydrogen-bond donors (Lipinski definition) is 3. The monoisotopic (exact) mass is 234 g/mol. The third-order valence-corrected chi connectivity index (χ3v) is 3.30. The molecule has 4 heteroatoms. The first kappa shape index (κ1) is 11.9. The van der Waals surface area contributed by atoms with Gasteiger partial charge in [0.2, 0.25) is 5.91 Å². The number of carbonyl (C=O) groups excluding carboxylic acids is 1. The van der Waals surface area contributed by atoms with Crippen molar-refractivity contribution in [2.45, 2.75) is 37.6 Å². The maximum Gasteiger partial charge on any atom is 0.244 e. The van der Waals surface area contributed by atoms with E-state index in [1.165, 1.54) is 6.07 Å². The number of aromatic hydroxyl groups is 1. The largest absolute Gasteiger partial charge is 0.508 e. The van der Waals surface area contributed by atoms with E-state index in [4.69, 9.17) is 5.73 Å². The van der Waals surface area contributed by atoms with Gasteiger partial charge in [-0.2, -0.15) is 0 Å². The Morgan fingerprint density at radius 3 is 2.65 bits per heavy atom. The third-order valence-electron chi connectivity index (χ3n) is 3.30. The zero-order valence-electron chi connectivity index (χ0n) is 9.78. The van der Waals surface area contributed by atoms with Crippen LogP contribution >= 0.6 is 0 Å². The minimum absolute atomic E-state index is 0.137. The number of rotatable bonds is 2. The quantitative estimate of drug-likeness (QED) is 0.732. The molecule has 1 aliphatic rings. The molecule has 0 atom stereocenters. The Labute approximate surface area is 101 Å². The molecule has 4 nitrogen and oxygen atoms in total. The molecule has 1 amide bonds. The maximum absolute atomic E-state index is 12.1. The molecule has 1 aromatic carbocycles. The first-order valence-corrected chi connectivity index (χ1v) is 5.99. The van der Waals surface area contributed by atoms with Gasteiger partial charge < -0.3 is 16.2 Å². The fourth-order valence-electron chi connectivity index (χ4n) is 2.25. The van der Waals surface area contributed by atoms with E-state index in [-0.39, 0.29) is 11.7 Å². The summed E-state index contributed by atoms with van der Waals surface area (Å²) in [7, 11) is 0. The van der Waals surface area contributed by atoms with Crippen LogP contribution in [0.5, 0.6) is 5.75 Å². The summed E-state index contributed by atoms with van der Waals surface area (Å²) >= 11 is 0. The normalized spacial score (nSPS) is 18.6. The van der Waals surface area contributed by atoms with Crippen molar-refractivity contribution < 1.29 is 9.90 Å². The summed E-state index contributed by atoms with van der Waals surface area (Å²) in [5, 5.41) is 12.1. The summed E-state index contributed by atoms with van der Waals surface area (Å²) in [5.41, 5.74) is 5.96. The molecule has 0 unspecified atom stereocenters. The zero-order chi connectivity index (χ0) is 12.3. The standard InChI is InChI=1S/C13H18N2O2/c14-13(7-2-1-3-8-13)12(17)15-10-5-4-6-11(16)9-10/h4-6,9,16H,1-3,7-8,14H2,(H,15,17). The second kappa shape index (κ2) is 4.75. The number of benzene rings is 1. The second-order valence-electron chi connectivity index (χ2n) is 4.72. The van der Waals surface area contributed by atoms with E-state index < -0.39 is 5.54 Å². The highest BCUT2D eigenvalue weighted by Gasteiger charge is 2.35. The first-order chi connectivity index (χ1) is 8.10.